The zero-order valence-corrected chi connectivity index (χ0v) is 10.7. The lowest BCUT2D eigenvalue weighted by molar-refractivity contribution is -0.137. The van der Waals surface area contributed by atoms with Gasteiger partial charge in [-0.15, -0.1) is 6.58 Å². The molecule has 0 amide bonds. The zero-order chi connectivity index (χ0) is 14.3. The van der Waals surface area contributed by atoms with Gasteiger partial charge in [-0.1, -0.05) is 18.2 Å². The molecular weight excluding hydrogens is 275 g/mol. The molecule has 0 saturated carbocycles. The minimum Gasteiger partial charge on any atom is -0.358 e. The van der Waals surface area contributed by atoms with E-state index in [4.69, 9.17) is 12.2 Å². The minimum absolute atomic E-state index is 0.308. The van der Waals surface area contributed by atoms with Gasteiger partial charge in [0.05, 0.1) is 11.8 Å². The Morgan fingerprint density at radius 3 is 2.47 bits per heavy atom. The monoisotopic (exact) mass is 287 g/mol. The normalized spacial score (nSPS) is 11.3. The van der Waals surface area contributed by atoms with Crippen molar-refractivity contribution in [2.75, 3.05) is 6.54 Å². The highest BCUT2D eigenvalue weighted by molar-refractivity contribution is 7.80. The summed E-state index contributed by atoms with van der Waals surface area (Å²) in [5, 5.41) is 6.89. The summed E-state index contributed by atoms with van der Waals surface area (Å²) in [7, 11) is 0. The second-order valence-corrected chi connectivity index (χ2v) is 3.90. The van der Waals surface area contributed by atoms with Crippen LogP contribution in [0.5, 0.6) is 0 Å². The van der Waals surface area contributed by atoms with Crippen molar-refractivity contribution in [1.29, 1.82) is 0 Å². The Hall–Kier alpha value is -1.89. The topological polar surface area (TPSA) is 36.4 Å². The summed E-state index contributed by atoms with van der Waals surface area (Å²) in [6, 6.07) is 4.65. The van der Waals surface area contributed by atoms with E-state index in [1.165, 1.54) is 18.3 Å². The van der Waals surface area contributed by atoms with Crippen molar-refractivity contribution in [3.05, 3.63) is 48.0 Å². The molecule has 19 heavy (non-hydrogen) atoms. The van der Waals surface area contributed by atoms with Gasteiger partial charge in [-0.05, 0) is 29.9 Å². The van der Waals surface area contributed by atoms with Crippen LogP contribution in [0.15, 0.2) is 42.0 Å². The van der Waals surface area contributed by atoms with Crippen LogP contribution >= 0.6 is 12.2 Å². The van der Waals surface area contributed by atoms with Gasteiger partial charge >= 0.3 is 6.18 Å². The van der Waals surface area contributed by atoms with Crippen LogP contribution in [0.2, 0.25) is 0 Å². The third-order valence-electron chi connectivity index (χ3n) is 2.02. The molecule has 0 radical (unpaired) electrons. The lowest BCUT2D eigenvalue weighted by atomic mass is 10.1. The van der Waals surface area contributed by atoms with E-state index in [0.29, 0.717) is 17.2 Å². The van der Waals surface area contributed by atoms with Crippen LogP contribution in [-0.4, -0.2) is 17.9 Å². The summed E-state index contributed by atoms with van der Waals surface area (Å²) >= 11 is 4.87. The maximum Gasteiger partial charge on any atom is 0.416 e. The Bertz CT molecular complexity index is 466. The Kier molecular flexibility index (Phi) is 5.50. The smallest absolute Gasteiger partial charge is 0.358 e. The molecule has 0 unspecified atom stereocenters. The maximum absolute atomic E-state index is 12.3. The molecular formula is C12H12F3N3S. The number of hydrogen-bond acceptors (Lipinski definition) is 2. The number of nitrogens with zero attached hydrogens (tertiary/aromatic N) is 1. The van der Waals surface area contributed by atoms with Crippen LogP contribution in [0.1, 0.15) is 11.1 Å². The summed E-state index contributed by atoms with van der Waals surface area (Å²) in [5.41, 5.74) is 2.37. The fourth-order valence-corrected chi connectivity index (χ4v) is 1.26. The second-order valence-electron chi connectivity index (χ2n) is 3.49. The van der Waals surface area contributed by atoms with E-state index in [1.807, 2.05) is 0 Å². The van der Waals surface area contributed by atoms with Crippen LogP contribution in [0, 0.1) is 0 Å². The molecule has 0 saturated heterocycles. The highest BCUT2D eigenvalue weighted by atomic mass is 32.1. The second kappa shape index (κ2) is 6.89. The lowest BCUT2D eigenvalue weighted by Crippen LogP contribution is -2.31. The Morgan fingerprint density at radius 1 is 1.32 bits per heavy atom. The largest absolute Gasteiger partial charge is 0.416 e. The fraction of sp³-hybridized carbons (Fsp3) is 0.167. The highest BCUT2D eigenvalue weighted by Crippen LogP contribution is 2.28. The van der Waals surface area contributed by atoms with E-state index in [0.717, 1.165) is 12.1 Å². The Labute approximate surface area is 114 Å². The fourth-order valence-electron chi connectivity index (χ4n) is 1.13. The average Bonchev–Trinajstić information content (AvgIpc) is 2.36. The van der Waals surface area contributed by atoms with Crippen molar-refractivity contribution >= 4 is 23.5 Å². The summed E-state index contributed by atoms with van der Waals surface area (Å²) in [6.45, 7) is 4.01. The number of rotatable bonds is 4. The van der Waals surface area contributed by atoms with Crippen molar-refractivity contribution in [1.82, 2.24) is 10.7 Å². The third kappa shape index (κ3) is 5.52. The summed E-state index contributed by atoms with van der Waals surface area (Å²) in [4.78, 5) is 0. The first kappa shape index (κ1) is 15.2. The summed E-state index contributed by atoms with van der Waals surface area (Å²) in [5.74, 6) is 0. The average molecular weight is 287 g/mol. The number of hydrogen-bond donors (Lipinski definition) is 2. The number of thiocarbonyl (C=S) groups is 1. The van der Waals surface area contributed by atoms with Crippen LogP contribution < -0.4 is 10.7 Å². The first-order chi connectivity index (χ1) is 8.93. The van der Waals surface area contributed by atoms with Gasteiger partial charge in [-0.2, -0.15) is 18.3 Å². The predicted octanol–water partition coefficient (Wildman–Crippen LogP) is 2.69. The number of nitrogens with one attached hydrogen (secondary N) is 2. The molecule has 1 rings (SSSR count). The van der Waals surface area contributed by atoms with Gasteiger partial charge in [-0.25, -0.2) is 0 Å². The van der Waals surface area contributed by atoms with E-state index in [2.05, 4.69) is 22.4 Å². The lowest BCUT2D eigenvalue weighted by Gasteiger charge is -2.06. The van der Waals surface area contributed by atoms with E-state index in [-0.39, 0.29) is 0 Å². The van der Waals surface area contributed by atoms with Gasteiger partial charge in [0, 0.05) is 6.54 Å². The van der Waals surface area contributed by atoms with E-state index in [1.54, 1.807) is 6.08 Å². The van der Waals surface area contributed by atoms with Crippen LogP contribution in [-0.2, 0) is 6.18 Å². The third-order valence-corrected chi connectivity index (χ3v) is 2.26. The zero-order valence-electron chi connectivity index (χ0n) is 9.87. The van der Waals surface area contributed by atoms with Gasteiger partial charge in [0.25, 0.3) is 0 Å². The molecule has 3 nitrogen and oxygen atoms in total. The highest BCUT2D eigenvalue weighted by Gasteiger charge is 2.29. The number of halogens is 3. The van der Waals surface area contributed by atoms with E-state index in [9.17, 15) is 13.2 Å². The van der Waals surface area contributed by atoms with Crippen molar-refractivity contribution < 1.29 is 13.2 Å². The van der Waals surface area contributed by atoms with Gasteiger partial charge < -0.3 is 5.32 Å². The van der Waals surface area contributed by atoms with Gasteiger partial charge in [0.15, 0.2) is 5.11 Å². The first-order valence-electron chi connectivity index (χ1n) is 5.28. The SMILES string of the molecule is C=CCNC(=S)N/N=C\c1ccc(C(F)(F)F)cc1. The number of benzene rings is 1. The Morgan fingerprint density at radius 2 is 1.95 bits per heavy atom. The van der Waals surface area contributed by atoms with Gasteiger partial charge in [0.1, 0.15) is 0 Å². The molecule has 0 aliphatic carbocycles. The molecule has 102 valence electrons. The van der Waals surface area contributed by atoms with E-state index < -0.39 is 11.7 Å². The predicted molar refractivity (Wildman–Crippen MR) is 73.0 cm³/mol. The van der Waals surface area contributed by atoms with Crippen molar-refractivity contribution in [2.45, 2.75) is 6.18 Å². The maximum atomic E-state index is 12.3. The minimum atomic E-state index is -4.33. The van der Waals surface area contributed by atoms with Gasteiger partial charge in [0.2, 0.25) is 0 Å². The molecule has 2 N–H and O–H groups in total. The van der Waals surface area contributed by atoms with Crippen molar-refractivity contribution in [3.63, 3.8) is 0 Å². The van der Waals surface area contributed by atoms with Crippen LogP contribution in [0.3, 0.4) is 0 Å². The van der Waals surface area contributed by atoms with Crippen LogP contribution in [0.25, 0.3) is 0 Å². The van der Waals surface area contributed by atoms with E-state index >= 15 is 0 Å². The quantitative estimate of drug-likeness (QED) is 0.387. The standard InChI is InChI=1S/C12H12F3N3S/c1-2-7-16-11(19)18-17-8-9-3-5-10(6-4-9)12(13,14)15/h2-6,8H,1,7H2,(H2,16,18,19)/b17-8-. The molecule has 0 aliphatic rings. The molecule has 0 aromatic heterocycles. The summed E-state index contributed by atoms with van der Waals surface area (Å²) in [6.07, 6.45) is -1.32. The summed E-state index contributed by atoms with van der Waals surface area (Å²) < 4.78 is 36.9. The van der Waals surface area contributed by atoms with Gasteiger partial charge in [-0.3, -0.25) is 5.43 Å². The molecule has 0 fully saturated rings. The van der Waals surface area contributed by atoms with Crippen molar-refractivity contribution in [2.24, 2.45) is 5.10 Å². The van der Waals surface area contributed by atoms with Crippen molar-refractivity contribution in [3.8, 4) is 0 Å². The number of hydrazone groups is 1. The molecule has 0 atom stereocenters. The molecule has 1 aromatic carbocycles. The molecule has 1 aromatic rings. The molecule has 0 aliphatic heterocycles. The molecule has 0 bridgehead atoms. The molecule has 7 heteroatoms. The number of alkyl halides is 3. The first-order valence-corrected chi connectivity index (χ1v) is 5.69. The molecule has 0 heterocycles. The van der Waals surface area contributed by atoms with Crippen LogP contribution in [0.4, 0.5) is 13.2 Å². The Balaban J connectivity index is 2.54. The molecule has 0 spiro atoms.